The molecule has 2 rings (SSSR count). The van der Waals surface area contributed by atoms with Crippen molar-refractivity contribution >= 4 is 27.4 Å². The van der Waals surface area contributed by atoms with Gasteiger partial charge in [-0.1, -0.05) is 0 Å². The summed E-state index contributed by atoms with van der Waals surface area (Å²) in [6.45, 7) is 0.615. The summed E-state index contributed by atoms with van der Waals surface area (Å²) in [6.07, 6.45) is 3.42. The van der Waals surface area contributed by atoms with Crippen molar-refractivity contribution in [2.75, 3.05) is 38.1 Å². The topological polar surface area (TPSA) is 60.5 Å². The molecule has 6 heteroatoms. The molecule has 1 atom stereocenters. The van der Waals surface area contributed by atoms with Crippen molar-refractivity contribution in [2.24, 2.45) is 0 Å². The number of ether oxygens (including phenoxy) is 2. The van der Waals surface area contributed by atoms with E-state index < -0.39 is 10.8 Å². The molecule has 0 bridgehead atoms. The quantitative estimate of drug-likeness (QED) is 0.883. The largest absolute Gasteiger partial charge is 0.493 e. The maximum atomic E-state index is 11.1. The lowest BCUT2D eigenvalue weighted by molar-refractivity contribution is 0.356. The minimum atomic E-state index is -0.819. The fourth-order valence-corrected chi connectivity index (χ4v) is 2.34. The van der Waals surface area contributed by atoms with Crippen molar-refractivity contribution < 1.29 is 13.7 Å². The van der Waals surface area contributed by atoms with Crippen LogP contribution in [0.4, 0.5) is 5.82 Å². The molecule has 5 nitrogen and oxygen atoms in total. The van der Waals surface area contributed by atoms with Crippen LogP contribution in [0.3, 0.4) is 0 Å². The Kier molecular flexibility index (Phi) is 4.79. The summed E-state index contributed by atoms with van der Waals surface area (Å²) < 4.78 is 21.7. The van der Waals surface area contributed by atoms with Gasteiger partial charge in [-0.25, -0.2) is 4.98 Å². The SMILES string of the molecule is COc1cc2ccnc(NCCS(C)=O)c2cc1OC. The van der Waals surface area contributed by atoms with E-state index in [2.05, 4.69) is 10.3 Å². The highest BCUT2D eigenvalue weighted by atomic mass is 32.2. The van der Waals surface area contributed by atoms with Crippen molar-refractivity contribution in [1.29, 1.82) is 0 Å². The van der Waals surface area contributed by atoms with Crippen molar-refractivity contribution in [3.05, 3.63) is 24.4 Å². The van der Waals surface area contributed by atoms with Gasteiger partial charge in [0.2, 0.25) is 0 Å². The number of anilines is 1. The lowest BCUT2D eigenvalue weighted by Crippen LogP contribution is -2.11. The van der Waals surface area contributed by atoms with Crippen LogP contribution in [0.15, 0.2) is 24.4 Å². The Morgan fingerprint density at radius 3 is 2.60 bits per heavy atom. The van der Waals surface area contributed by atoms with E-state index in [4.69, 9.17) is 9.47 Å². The first kappa shape index (κ1) is 14.6. The van der Waals surface area contributed by atoms with Crippen molar-refractivity contribution in [1.82, 2.24) is 4.98 Å². The van der Waals surface area contributed by atoms with Crippen LogP contribution in [-0.2, 0) is 10.8 Å². The van der Waals surface area contributed by atoms with E-state index in [1.807, 2.05) is 18.2 Å². The number of hydrogen-bond donors (Lipinski definition) is 1. The van der Waals surface area contributed by atoms with E-state index in [9.17, 15) is 4.21 Å². The smallest absolute Gasteiger partial charge is 0.161 e. The van der Waals surface area contributed by atoms with Crippen LogP contribution in [0.2, 0.25) is 0 Å². The van der Waals surface area contributed by atoms with E-state index >= 15 is 0 Å². The maximum Gasteiger partial charge on any atom is 0.161 e. The van der Waals surface area contributed by atoms with Crippen LogP contribution in [-0.4, -0.2) is 42.0 Å². The van der Waals surface area contributed by atoms with Crippen LogP contribution >= 0.6 is 0 Å². The molecule has 1 aromatic carbocycles. The molecule has 0 radical (unpaired) electrons. The van der Waals surface area contributed by atoms with Gasteiger partial charge >= 0.3 is 0 Å². The Morgan fingerprint density at radius 1 is 1.25 bits per heavy atom. The monoisotopic (exact) mass is 294 g/mol. The van der Waals surface area contributed by atoms with Crippen LogP contribution in [0, 0.1) is 0 Å². The average Bonchev–Trinajstić information content (AvgIpc) is 2.45. The average molecular weight is 294 g/mol. The number of rotatable bonds is 6. The van der Waals surface area contributed by atoms with Crippen molar-refractivity contribution in [2.45, 2.75) is 0 Å². The summed E-state index contributed by atoms with van der Waals surface area (Å²) in [4.78, 5) is 4.33. The molecular formula is C14H18N2O3S. The second kappa shape index (κ2) is 6.56. The zero-order chi connectivity index (χ0) is 14.5. The van der Waals surface area contributed by atoms with E-state index in [0.717, 1.165) is 16.6 Å². The maximum absolute atomic E-state index is 11.1. The lowest BCUT2D eigenvalue weighted by atomic mass is 10.1. The Labute approximate surface area is 120 Å². The van der Waals surface area contributed by atoms with Crippen LogP contribution < -0.4 is 14.8 Å². The van der Waals surface area contributed by atoms with Crippen LogP contribution in [0.25, 0.3) is 10.8 Å². The predicted molar refractivity (Wildman–Crippen MR) is 82.3 cm³/mol. The van der Waals surface area contributed by atoms with Gasteiger partial charge in [0.15, 0.2) is 11.5 Å². The van der Waals surface area contributed by atoms with Gasteiger partial charge in [0.25, 0.3) is 0 Å². The zero-order valence-corrected chi connectivity index (χ0v) is 12.6. The number of pyridine rings is 1. The molecule has 1 N–H and O–H groups in total. The third-order valence-electron chi connectivity index (χ3n) is 2.95. The standard InChI is InChI=1S/C14H18N2O3S/c1-18-12-8-10-4-5-15-14(16-6-7-20(3)17)11(10)9-13(12)19-2/h4-5,8-9H,6-7H2,1-3H3,(H,15,16). The van der Waals surface area contributed by atoms with E-state index in [1.165, 1.54) is 0 Å². The van der Waals surface area contributed by atoms with Crippen molar-refractivity contribution in [3.63, 3.8) is 0 Å². The van der Waals surface area contributed by atoms with Gasteiger partial charge in [-0.2, -0.15) is 0 Å². The third-order valence-corrected chi connectivity index (χ3v) is 3.73. The normalized spacial score (nSPS) is 12.2. The molecule has 108 valence electrons. The van der Waals surface area contributed by atoms with Crippen LogP contribution in [0.1, 0.15) is 0 Å². The molecule has 1 heterocycles. The molecule has 0 spiro atoms. The van der Waals surface area contributed by atoms with E-state index in [1.54, 1.807) is 26.7 Å². The Bertz CT molecular complexity index is 631. The van der Waals surface area contributed by atoms with Crippen molar-refractivity contribution in [3.8, 4) is 11.5 Å². The highest BCUT2D eigenvalue weighted by Crippen LogP contribution is 2.34. The molecule has 2 aromatic rings. The Balaban J connectivity index is 2.37. The number of nitrogens with zero attached hydrogens (tertiary/aromatic N) is 1. The minimum absolute atomic E-state index is 0.589. The van der Waals surface area contributed by atoms with Gasteiger partial charge in [0, 0.05) is 40.9 Å². The summed E-state index contributed by atoms with van der Waals surface area (Å²) >= 11 is 0. The second-order valence-corrected chi connectivity index (χ2v) is 5.85. The molecule has 0 fully saturated rings. The molecule has 0 amide bonds. The Morgan fingerprint density at radius 2 is 1.95 bits per heavy atom. The molecule has 0 aliphatic carbocycles. The predicted octanol–water partition coefficient (Wildman–Crippen LogP) is 2.04. The Hall–Kier alpha value is -1.82. The summed E-state index contributed by atoms with van der Waals surface area (Å²) in [5.74, 6) is 2.70. The highest BCUT2D eigenvalue weighted by Gasteiger charge is 2.09. The third kappa shape index (κ3) is 3.19. The summed E-state index contributed by atoms with van der Waals surface area (Å²) in [5, 5.41) is 5.17. The second-order valence-electron chi connectivity index (χ2n) is 4.29. The van der Waals surface area contributed by atoms with E-state index in [0.29, 0.717) is 23.8 Å². The number of benzene rings is 1. The molecule has 0 aliphatic heterocycles. The number of nitrogens with one attached hydrogen (secondary N) is 1. The molecular weight excluding hydrogens is 276 g/mol. The number of fused-ring (bicyclic) bond motifs is 1. The molecule has 0 aliphatic rings. The minimum Gasteiger partial charge on any atom is -0.493 e. The summed E-state index contributed by atoms with van der Waals surface area (Å²) in [5.41, 5.74) is 0. The molecule has 0 saturated carbocycles. The lowest BCUT2D eigenvalue weighted by Gasteiger charge is -2.12. The van der Waals surface area contributed by atoms with Gasteiger partial charge < -0.3 is 14.8 Å². The first-order valence-corrected chi connectivity index (χ1v) is 7.93. The fourth-order valence-electron chi connectivity index (χ4n) is 1.95. The molecule has 20 heavy (non-hydrogen) atoms. The zero-order valence-electron chi connectivity index (χ0n) is 11.8. The summed E-state index contributed by atoms with van der Waals surface area (Å²) in [6, 6.07) is 5.73. The first-order chi connectivity index (χ1) is 9.65. The first-order valence-electron chi connectivity index (χ1n) is 6.20. The molecule has 1 aromatic heterocycles. The molecule has 0 saturated heterocycles. The van der Waals surface area contributed by atoms with Gasteiger partial charge in [0.05, 0.1) is 14.2 Å². The number of methoxy groups -OCH3 is 2. The molecule has 1 unspecified atom stereocenters. The van der Waals surface area contributed by atoms with Gasteiger partial charge in [-0.15, -0.1) is 0 Å². The number of hydrogen-bond acceptors (Lipinski definition) is 5. The number of aromatic nitrogens is 1. The highest BCUT2D eigenvalue weighted by molar-refractivity contribution is 7.84. The van der Waals surface area contributed by atoms with Gasteiger partial charge in [-0.05, 0) is 23.6 Å². The summed E-state index contributed by atoms with van der Waals surface area (Å²) in [7, 11) is 2.40. The van der Waals surface area contributed by atoms with Crippen LogP contribution in [0.5, 0.6) is 11.5 Å². The van der Waals surface area contributed by atoms with Gasteiger partial charge in [-0.3, -0.25) is 4.21 Å². The fraction of sp³-hybridized carbons (Fsp3) is 0.357. The van der Waals surface area contributed by atoms with E-state index in [-0.39, 0.29) is 0 Å². The van der Waals surface area contributed by atoms with Gasteiger partial charge in [0.1, 0.15) is 5.82 Å².